The van der Waals surface area contributed by atoms with Crippen molar-refractivity contribution in [3.8, 4) is 0 Å². The maximum Gasteiger partial charge on any atom is 0.310 e. The fraction of sp³-hybridized carbons (Fsp3) is 0.625. The molecule has 0 saturated carbocycles. The van der Waals surface area contributed by atoms with Gasteiger partial charge in [-0.25, -0.2) is 0 Å². The Labute approximate surface area is 130 Å². The van der Waals surface area contributed by atoms with Crippen molar-refractivity contribution in [2.24, 2.45) is 5.92 Å². The highest BCUT2D eigenvalue weighted by Crippen LogP contribution is 2.28. The molecule has 1 aliphatic heterocycles. The van der Waals surface area contributed by atoms with Crippen molar-refractivity contribution in [1.29, 1.82) is 0 Å². The Bertz CT molecular complexity index is 524. The second-order valence-electron chi connectivity index (χ2n) is 5.42. The Balaban J connectivity index is 2.09. The van der Waals surface area contributed by atoms with Gasteiger partial charge in [-0.1, -0.05) is 20.3 Å². The topological polar surface area (TPSA) is 46.6 Å². The van der Waals surface area contributed by atoms with Crippen LogP contribution in [0.2, 0.25) is 0 Å². The summed E-state index contributed by atoms with van der Waals surface area (Å²) in [6, 6.07) is 2.03. The minimum atomic E-state index is -0.211. The van der Waals surface area contributed by atoms with Crippen molar-refractivity contribution < 1.29 is 14.3 Å². The molecule has 1 atom stereocenters. The maximum absolute atomic E-state index is 12.6. The maximum atomic E-state index is 12.6. The van der Waals surface area contributed by atoms with Crippen LogP contribution in [0, 0.1) is 5.92 Å². The molecule has 0 radical (unpaired) electrons. The number of esters is 1. The van der Waals surface area contributed by atoms with Gasteiger partial charge >= 0.3 is 5.97 Å². The molecule has 1 amide bonds. The number of methoxy groups -OCH3 is 1. The molecular weight excluding hydrogens is 286 g/mol. The van der Waals surface area contributed by atoms with Gasteiger partial charge in [0.2, 0.25) is 0 Å². The van der Waals surface area contributed by atoms with Crippen LogP contribution in [0.25, 0.3) is 0 Å². The number of carbonyl (C=O) groups is 2. The summed E-state index contributed by atoms with van der Waals surface area (Å²) in [5, 5.41) is 0. The van der Waals surface area contributed by atoms with Gasteiger partial charge in [0, 0.05) is 18.0 Å². The van der Waals surface area contributed by atoms with Crippen molar-refractivity contribution in [3.63, 3.8) is 0 Å². The number of hydrogen-bond donors (Lipinski definition) is 0. The minimum Gasteiger partial charge on any atom is -0.469 e. The molecular formula is C16H23NO3S. The Hall–Kier alpha value is -1.36. The highest BCUT2D eigenvalue weighted by atomic mass is 32.1. The Kier molecular flexibility index (Phi) is 5.39. The molecule has 1 aromatic rings. The molecule has 0 N–H and O–H groups in total. The standard InChI is InChI=1S/C16H23NO3S/c1-4-6-13-11(5-2)9-14(21-13)15(18)17-8-7-12(10-17)16(19)20-3/h9,12H,4-8,10H2,1-3H3. The summed E-state index contributed by atoms with van der Waals surface area (Å²) in [7, 11) is 1.40. The summed E-state index contributed by atoms with van der Waals surface area (Å²) in [4.78, 5) is 28.0. The molecule has 5 heteroatoms. The van der Waals surface area contributed by atoms with Crippen LogP contribution in [-0.2, 0) is 22.4 Å². The number of rotatable bonds is 5. The lowest BCUT2D eigenvalue weighted by atomic mass is 10.1. The van der Waals surface area contributed by atoms with E-state index in [1.54, 1.807) is 16.2 Å². The van der Waals surface area contributed by atoms with Gasteiger partial charge in [-0.3, -0.25) is 9.59 Å². The summed E-state index contributed by atoms with van der Waals surface area (Å²) >= 11 is 1.61. The Morgan fingerprint density at radius 1 is 1.43 bits per heavy atom. The lowest BCUT2D eigenvalue weighted by Crippen LogP contribution is -2.29. The van der Waals surface area contributed by atoms with Crippen LogP contribution in [0.15, 0.2) is 6.07 Å². The largest absolute Gasteiger partial charge is 0.469 e. The number of likely N-dealkylation sites (tertiary alicyclic amines) is 1. The zero-order chi connectivity index (χ0) is 15.4. The van der Waals surface area contributed by atoms with Crippen molar-refractivity contribution in [1.82, 2.24) is 4.90 Å². The fourth-order valence-corrected chi connectivity index (χ4v) is 4.09. The number of nitrogens with zero attached hydrogens (tertiary/aromatic N) is 1. The van der Waals surface area contributed by atoms with E-state index in [9.17, 15) is 9.59 Å². The van der Waals surface area contributed by atoms with E-state index in [1.165, 1.54) is 17.6 Å². The zero-order valence-electron chi connectivity index (χ0n) is 13.0. The smallest absolute Gasteiger partial charge is 0.310 e. The van der Waals surface area contributed by atoms with Crippen molar-refractivity contribution >= 4 is 23.2 Å². The van der Waals surface area contributed by atoms with E-state index in [2.05, 4.69) is 13.8 Å². The number of amides is 1. The minimum absolute atomic E-state index is 0.0588. The van der Waals surface area contributed by atoms with E-state index in [1.807, 2.05) is 6.07 Å². The third-order valence-electron chi connectivity index (χ3n) is 3.98. The van der Waals surface area contributed by atoms with E-state index in [4.69, 9.17) is 4.74 Å². The van der Waals surface area contributed by atoms with Gasteiger partial charge in [-0.2, -0.15) is 0 Å². The molecule has 0 aromatic carbocycles. The van der Waals surface area contributed by atoms with Crippen LogP contribution in [-0.4, -0.2) is 37.0 Å². The molecule has 1 saturated heterocycles. The summed E-state index contributed by atoms with van der Waals surface area (Å²) in [5.41, 5.74) is 1.29. The molecule has 1 fully saturated rings. The lowest BCUT2D eigenvalue weighted by molar-refractivity contribution is -0.144. The molecule has 1 unspecified atom stereocenters. The van der Waals surface area contributed by atoms with Gasteiger partial charge in [-0.05, 0) is 30.9 Å². The predicted octanol–water partition coefficient (Wildman–Crippen LogP) is 2.90. The normalized spacial score (nSPS) is 18.0. The van der Waals surface area contributed by atoms with Crippen LogP contribution in [0.1, 0.15) is 46.8 Å². The van der Waals surface area contributed by atoms with Crippen LogP contribution >= 0.6 is 11.3 Å². The van der Waals surface area contributed by atoms with Crippen molar-refractivity contribution in [3.05, 3.63) is 21.4 Å². The first-order chi connectivity index (χ1) is 10.1. The number of carbonyl (C=O) groups excluding carboxylic acids is 2. The number of thiophene rings is 1. The zero-order valence-corrected chi connectivity index (χ0v) is 13.8. The molecule has 0 bridgehead atoms. The highest BCUT2D eigenvalue weighted by Gasteiger charge is 2.32. The first-order valence-corrected chi connectivity index (χ1v) is 8.41. The van der Waals surface area contributed by atoms with Gasteiger partial charge in [0.15, 0.2) is 0 Å². The average molecular weight is 309 g/mol. The molecule has 2 heterocycles. The third kappa shape index (κ3) is 3.46. The lowest BCUT2D eigenvalue weighted by Gasteiger charge is -2.14. The van der Waals surface area contributed by atoms with Crippen LogP contribution in [0.3, 0.4) is 0 Å². The van der Waals surface area contributed by atoms with E-state index in [-0.39, 0.29) is 17.8 Å². The SMILES string of the molecule is CCCc1sc(C(=O)N2CCC(C(=O)OC)C2)cc1CC. The summed E-state index contributed by atoms with van der Waals surface area (Å²) in [5.74, 6) is -0.319. The van der Waals surface area contributed by atoms with E-state index in [0.29, 0.717) is 19.5 Å². The molecule has 1 aromatic heterocycles. The van der Waals surface area contributed by atoms with E-state index < -0.39 is 0 Å². The van der Waals surface area contributed by atoms with Crippen LogP contribution in [0.4, 0.5) is 0 Å². The number of hydrogen-bond acceptors (Lipinski definition) is 4. The monoisotopic (exact) mass is 309 g/mol. The second-order valence-corrected chi connectivity index (χ2v) is 6.56. The number of ether oxygens (including phenoxy) is 1. The molecule has 0 aliphatic carbocycles. The Morgan fingerprint density at radius 2 is 2.19 bits per heavy atom. The molecule has 1 aliphatic rings. The molecule has 0 spiro atoms. The predicted molar refractivity (Wildman–Crippen MR) is 83.7 cm³/mol. The molecule has 116 valence electrons. The van der Waals surface area contributed by atoms with Gasteiger partial charge in [0.05, 0.1) is 17.9 Å². The van der Waals surface area contributed by atoms with E-state index in [0.717, 1.165) is 24.1 Å². The van der Waals surface area contributed by atoms with Gasteiger partial charge in [-0.15, -0.1) is 11.3 Å². The first-order valence-electron chi connectivity index (χ1n) is 7.59. The Morgan fingerprint density at radius 3 is 2.81 bits per heavy atom. The van der Waals surface area contributed by atoms with Crippen LogP contribution in [0.5, 0.6) is 0 Å². The molecule has 2 rings (SSSR count). The summed E-state index contributed by atoms with van der Waals surface area (Å²) in [6.45, 7) is 5.40. The highest BCUT2D eigenvalue weighted by molar-refractivity contribution is 7.14. The van der Waals surface area contributed by atoms with Gasteiger partial charge in [0.25, 0.3) is 5.91 Å². The summed E-state index contributed by atoms with van der Waals surface area (Å²) < 4.78 is 4.77. The molecule has 4 nitrogen and oxygen atoms in total. The second kappa shape index (κ2) is 7.07. The average Bonchev–Trinajstić information content (AvgIpc) is 3.13. The van der Waals surface area contributed by atoms with Crippen molar-refractivity contribution in [2.45, 2.75) is 39.5 Å². The summed E-state index contributed by atoms with van der Waals surface area (Å²) in [6.07, 6.45) is 3.79. The number of aryl methyl sites for hydroxylation is 2. The van der Waals surface area contributed by atoms with Crippen LogP contribution < -0.4 is 0 Å². The van der Waals surface area contributed by atoms with Crippen molar-refractivity contribution in [2.75, 3.05) is 20.2 Å². The van der Waals surface area contributed by atoms with Gasteiger partial charge in [0.1, 0.15) is 0 Å². The third-order valence-corrected chi connectivity index (χ3v) is 5.20. The van der Waals surface area contributed by atoms with Gasteiger partial charge < -0.3 is 9.64 Å². The first kappa shape index (κ1) is 16.0. The fourth-order valence-electron chi connectivity index (χ4n) is 2.77. The van der Waals surface area contributed by atoms with E-state index >= 15 is 0 Å². The quantitative estimate of drug-likeness (QED) is 0.786. The molecule has 21 heavy (non-hydrogen) atoms.